The van der Waals surface area contributed by atoms with Crippen LogP contribution in [0.4, 0.5) is 17.1 Å². The average Bonchev–Trinajstić information content (AvgIpc) is 3.74. The van der Waals surface area contributed by atoms with Gasteiger partial charge in [0.2, 0.25) is 0 Å². The van der Waals surface area contributed by atoms with Crippen molar-refractivity contribution >= 4 is 71.2 Å². The van der Waals surface area contributed by atoms with Gasteiger partial charge in [-0.05, 0) is 137 Å². The lowest BCUT2D eigenvalue weighted by Gasteiger charge is -2.27. The number of rotatable bonds is 8. The molecule has 0 amide bonds. The van der Waals surface area contributed by atoms with Crippen LogP contribution in [-0.2, 0) is 0 Å². The van der Waals surface area contributed by atoms with E-state index in [1.807, 2.05) is 0 Å². The summed E-state index contributed by atoms with van der Waals surface area (Å²) in [6.45, 7) is 0. The molecule has 0 spiro atoms. The van der Waals surface area contributed by atoms with Gasteiger partial charge < -0.3 is 9.47 Å². The van der Waals surface area contributed by atoms with Crippen LogP contribution in [0.1, 0.15) is 0 Å². The smallest absolute Gasteiger partial charge is 0.0553 e. The van der Waals surface area contributed by atoms with Crippen molar-refractivity contribution < 1.29 is 0 Å². The predicted octanol–water partition coefficient (Wildman–Crippen LogP) is 18.4. The molecule has 318 valence electrons. The Balaban J connectivity index is 0.951. The maximum atomic E-state index is 2.42. The lowest BCUT2D eigenvalue weighted by molar-refractivity contribution is 1.18. The molecule has 2 nitrogen and oxygen atoms in total. The maximum absolute atomic E-state index is 2.42. The molecule has 2 heteroatoms. The van der Waals surface area contributed by atoms with Crippen LogP contribution in [0.3, 0.4) is 0 Å². The van der Waals surface area contributed by atoms with Gasteiger partial charge in [-0.2, -0.15) is 0 Å². The van der Waals surface area contributed by atoms with Crippen LogP contribution in [0.15, 0.2) is 267 Å². The predicted molar refractivity (Wildman–Crippen MR) is 290 cm³/mol. The molecule has 0 N–H and O–H groups in total. The zero-order valence-electron chi connectivity index (χ0n) is 37.3. The number of hydrogen-bond donors (Lipinski definition) is 0. The summed E-state index contributed by atoms with van der Waals surface area (Å²) in [7, 11) is 0. The van der Waals surface area contributed by atoms with Crippen molar-refractivity contribution in [1.29, 1.82) is 0 Å². The fraction of sp³-hybridized carbons (Fsp3) is 0. The highest BCUT2D eigenvalue weighted by Crippen LogP contribution is 2.45. The number of para-hydroxylation sites is 2. The number of nitrogens with zero attached hydrogens (tertiary/aromatic N) is 2. The molecule has 1 heterocycles. The second-order valence-corrected chi connectivity index (χ2v) is 17.7. The first-order valence-electron chi connectivity index (χ1n) is 23.4. The highest BCUT2D eigenvalue weighted by atomic mass is 15.1. The fourth-order valence-electron chi connectivity index (χ4n) is 10.6. The van der Waals surface area contributed by atoms with Gasteiger partial charge in [-0.15, -0.1) is 0 Å². The zero-order chi connectivity index (χ0) is 45.0. The lowest BCUT2D eigenvalue weighted by atomic mass is 9.92. The van der Waals surface area contributed by atoms with E-state index < -0.39 is 0 Å². The van der Waals surface area contributed by atoms with Gasteiger partial charge in [0.05, 0.1) is 11.0 Å². The molecule has 0 fully saturated rings. The third kappa shape index (κ3) is 6.73. The molecule has 0 aliphatic rings. The van der Waals surface area contributed by atoms with Crippen LogP contribution in [0.5, 0.6) is 0 Å². The van der Waals surface area contributed by atoms with Gasteiger partial charge in [0.1, 0.15) is 0 Å². The van der Waals surface area contributed by atoms with Crippen molar-refractivity contribution in [3.8, 4) is 50.2 Å². The van der Waals surface area contributed by atoms with Gasteiger partial charge >= 0.3 is 0 Å². The van der Waals surface area contributed by atoms with Crippen molar-refractivity contribution in [2.24, 2.45) is 0 Å². The minimum absolute atomic E-state index is 1.08. The first kappa shape index (κ1) is 39.4. The Morgan fingerprint density at radius 1 is 0.265 bits per heavy atom. The average molecular weight is 865 g/mol. The Morgan fingerprint density at radius 2 is 0.735 bits per heavy atom. The molecule has 0 radical (unpaired) electrons. The first-order valence-corrected chi connectivity index (χ1v) is 23.4. The Bertz CT molecular complexity index is 3980. The summed E-state index contributed by atoms with van der Waals surface area (Å²) in [6.07, 6.45) is 0. The van der Waals surface area contributed by atoms with Gasteiger partial charge in [0.15, 0.2) is 0 Å². The van der Waals surface area contributed by atoms with E-state index in [0.29, 0.717) is 0 Å². The molecular weight excluding hydrogens is 821 g/mol. The number of aromatic nitrogens is 1. The molecule has 0 unspecified atom stereocenters. The maximum Gasteiger partial charge on any atom is 0.0553 e. The van der Waals surface area contributed by atoms with Crippen molar-refractivity contribution in [1.82, 2.24) is 4.57 Å². The fourth-order valence-corrected chi connectivity index (χ4v) is 10.6. The van der Waals surface area contributed by atoms with Gasteiger partial charge in [-0.1, -0.05) is 206 Å². The molecule has 0 aliphatic heterocycles. The van der Waals surface area contributed by atoms with Crippen molar-refractivity contribution in [3.05, 3.63) is 267 Å². The lowest BCUT2D eigenvalue weighted by Crippen LogP contribution is -2.10. The summed E-state index contributed by atoms with van der Waals surface area (Å²) in [5, 5.41) is 9.95. The van der Waals surface area contributed by atoms with Crippen LogP contribution < -0.4 is 4.90 Å². The largest absolute Gasteiger partial charge is 0.310 e. The van der Waals surface area contributed by atoms with E-state index in [-0.39, 0.29) is 0 Å². The van der Waals surface area contributed by atoms with E-state index in [9.17, 15) is 0 Å². The van der Waals surface area contributed by atoms with E-state index in [1.165, 1.54) is 98.6 Å². The Hall–Kier alpha value is -8.98. The Kier molecular flexibility index (Phi) is 9.54. The number of hydrogen-bond acceptors (Lipinski definition) is 1. The third-order valence-corrected chi connectivity index (χ3v) is 13.8. The molecule has 0 saturated heterocycles. The monoisotopic (exact) mass is 864 g/mol. The Morgan fingerprint density at radius 3 is 1.37 bits per heavy atom. The molecule has 12 aromatic carbocycles. The second kappa shape index (κ2) is 16.5. The summed E-state index contributed by atoms with van der Waals surface area (Å²) in [6, 6.07) is 97.5. The molecule has 13 rings (SSSR count). The summed E-state index contributed by atoms with van der Waals surface area (Å²) in [5.74, 6) is 0. The van der Waals surface area contributed by atoms with Crippen molar-refractivity contribution in [3.63, 3.8) is 0 Å². The standard InChI is InChI=1S/C66H44N2/c1-2-21-53(22-3-1)68-63-30-11-10-27-62(63)66-64(68)44-51-17-6-9-26-61(51)65(66)52-20-12-23-56(43-52)67(55-41-37-50(38-42-55)60-29-14-19-48-16-5-8-25-58(48)60)54-39-35-46(36-40-54)45-31-33-49(34-32-45)59-28-13-18-47-15-4-7-24-57(47)59/h1-44H. The van der Waals surface area contributed by atoms with Crippen LogP contribution in [-0.4, -0.2) is 4.57 Å². The van der Waals surface area contributed by atoms with E-state index in [0.717, 1.165) is 22.7 Å². The van der Waals surface area contributed by atoms with Gasteiger partial charge in [-0.3, -0.25) is 0 Å². The second-order valence-electron chi connectivity index (χ2n) is 17.7. The quantitative estimate of drug-likeness (QED) is 0.148. The molecule has 0 aliphatic carbocycles. The van der Waals surface area contributed by atoms with Crippen LogP contribution >= 0.6 is 0 Å². The SMILES string of the molecule is c1ccc(-n2c3ccccc3c3c(-c4cccc(N(c5ccc(-c6ccc(-c7cccc8ccccc78)cc6)cc5)c5ccc(-c6cccc7ccccc67)cc5)c4)c4ccccc4cc32)cc1. The highest BCUT2D eigenvalue weighted by molar-refractivity contribution is 6.23. The van der Waals surface area contributed by atoms with E-state index >= 15 is 0 Å². The minimum Gasteiger partial charge on any atom is -0.310 e. The minimum atomic E-state index is 1.08. The van der Waals surface area contributed by atoms with Gasteiger partial charge in [-0.25, -0.2) is 0 Å². The third-order valence-electron chi connectivity index (χ3n) is 13.8. The number of benzene rings is 12. The summed E-state index contributed by atoms with van der Waals surface area (Å²) >= 11 is 0. The van der Waals surface area contributed by atoms with Crippen LogP contribution in [0.2, 0.25) is 0 Å². The molecule has 0 saturated carbocycles. The molecule has 13 aromatic rings. The zero-order valence-corrected chi connectivity index (χ0v) is 37.3. The summed E-state index contributed by atoms with van der Waals surface area (Å²) in [5.41, 5.74) is 16.4. The van der Waals surface area contributed by atoms with Crippen molar-refractivity contribution in [2.45, 2.75) is 0 Å². The van der Waals surface area contributed by atoms with Gasteiger partial charge in [0.25, 0.3) is 0 Å². The molecular formula is C66H44N2. The molecule has 0 bridgehead atoms. The Labute approximate surface area is 395 Å². The van der Waals surface area contributed by atoms with Crippen molar-refractivity contribution in [2.75, 3.05) is 4.90 Å². The number of anilines is 3. The molecule has 1 aromatic heterocycles. The van der Waals surface area contributed by atoms with Gasteiger partial charge in [0, 0.05) is 33.5 Å². The molecule has 0 atom stereocenters. The normalized spacial score (nSPS) is 11.5. The van der Waals surface area contributed by atoms with E-state index in [2.05, 4.69) is 276 Å². The number of fused-ring (bicyclic) bond motifs is 6. The molecule has 68 heavy (non-hydrogen) atoms. The van der Waals surface area contributed by atoms with E-state index in [1.54, 1.807) is 0 Å². The van der Waals surface area contributed by atoms with E-state index in [4.69, 9.17) is 0 Å². The highest BCUT2D eigenvalue weighted by Gasteiger charge is 2.21. The summed E-state index contributed by atoms with van der Waals surface area (Å²) in [4.78, 5) is 2.40. The first-order chi connectivity index (χ1) is 33.7. The van der Waals surface area contributed by atoms with Crippen LogP contribution in [0, 0.1) is 0 Å². The topological polar surface area (TPSA) is 8.17 Å². The summed E-state index contributed by atoms with van der Waals surface area (Å²) < 4.78 is 2.42. The van der Waals surface area contributed by atoms with Crippen LogP contribution in [0.25, 0.3) is 104 Å².